The third kappa shape index (κ3) is 6.17. The molecule has 0 spiro atoms. The average molecular weight is 356 g/mol. The van der Waals surface area contributed by atoms with Gasteiger partial charge in [-0.1, -0.05) is 12.1 Å². The summed E-state index contributed by atoms with van der Waals surface area (Å²) < 4.78 is 5.78. The van der Waals surface area contributed by atoms with Crippen LogP contribution in [0.4, 0.5) is 0 Å². The number of nitrogens with one attached hydrogen (secondary N) is 1. The molecule has 0 aliphatic carbocycles. The van der Waals surface area contributed by atoms with Gasteiger partial charge in [0.1, 0.15) is 17.5 Å². The van der Waals surface area contributed by atoms with Crippen LogP contribution in [0.5, 0.6) is 5.75 Å². The monoisotopic (exact) mass is 355 g/mol. The van der Waals surface area contributed by atoms with Crippen LogP contribution in [0.2, 0.25) is 0 Å². The third-order valence-electron chi connectivity index (χ3n) is 3.02. The van der Waals surface area contributed by atoms with Crippen LogP contribution < -0.4 is 15.8 Å². The summed E-state index contributed by atoms with van der Waals surface area (Å²) in [5, 5.41) is 5.48. The number of carbonyl (C=O) groups is 1. The van der Waals surface area contributed by atoms with Crippen LogP contribution in [0.15, 0.2) is 29.6 Å². The molecule has 5 nitrogen and oxygen atoms in total. The van der Waals surface area contributed by atoms with Crippen LogP contribution in [-0.2, 0) is 6.42 Å². The first-order valence-electron chi connectivity index (χ1n) is 7.24. The summed E-state index contributed by atoms with van der Waals surface area (Å²) in [6.45, 7) is 4.90. The van der Waals surface area contributed by atoms with Crippen LogP contribution in [0, 0.1) is 6.92 Å². The van der Waals surface area contributed by atoms with E-state index in [0.29, 0.717) is 25.2 Å². The van der Waals surface area contributed by atoms with Crippen LogP contribution in [0.3, 0.4) is 0 Å². The van der Waals surface area contributed by atoms with Gasteiger partial charge in [-0.15, -0.1) is 23.7 Å². The van der Waals surface area contributed by atoms with Crippen molar-refractivity contribution >= 4 is 29.7 Å². The number of rotatable bonds is 7. The Balaban J connectivity index is 0.00000264. The van der Waals surface area contributed by atoms with Gasteiger partial charge in [-0.3, -0.25) is 4.79 Å². The van der Waals surface area contributed by atoms with E-state index in [4.69, 9.17) is 10.5 Å². The normalized spacial score (nSPS) is 11.4. The lowest BCUT2D eigenvalue weighted by Crippen LogP contribution is -2.33. The number of nitrogens with zero attached hydrogens (tertiary/aromatic N) is 1. The van der Waals surface area contributed by atoms with Crippen molar-refractivity contribution in [2.24, 2.45) is 5.73 Å². The Kier molecular flexibility index (Phi) is 8.02. The van der Waals surface area contributed by atoms with E-state index >= 15 is 0 Å². The number of hydrogen-bond donors (Lipinski definition) is 2. The highest BCUT2D eigenvalue weighted by Gasteiger charge is 2.12. The fourth-order valence-corrected chi connectivity index (χ4v) is 2.74. The summed E-state index contributed by atoms with van der Waals surface area (Å²) >= 11 is 1.46. The van der Waals surface area contributed by atoms with Gasteiger partial charge >= 0.3 is 0 Å². The van der Waals surface area contributed by atoms with Crippen LogP contribution in [0.1, 0.15) is 28.0 Å². The van der Waals surface area contributed by atoms with E-state index < -0.39 is 0 Å². The standard InChI is InChI=1S/C16H21N3O2S.ClH/c1-11-4-3-5-13(8-11)21-12(2)9-18-16(20)14-10-22-15(19-14)6-7-17;/h3-5,8,10,12H,6-7,9,17H2,1-2H3,(H,18,20);1H. The van der Waals surface area contributed by atoms with Gasteiger partial charge in [0.05, 0.1) is 11.6 Å². The smallest absolute Gasteiger partial charge is 0.270 e. The van der Waals surface area contributed by atoms with E-state index in [-0.39, 0.29) is 24.4 Å². The van der Waals surface area contributed by atoms with E-state index in [2.05, 4.69) is 10.3 Å². The average Bonchev–Trinajstić information content (AvgIpc) is 2.94. The molecule has 0 bridgehead atoms. The second-order valence-corrected chi connectivity index (χ2v) is 6.06. The molecule has 0 radical (unpaired) electrons. The largest absolute Gasteiger partial charge is 0.489 e. The molecule has 1 unspecified atom stereocenters. The van der Waals surface area contributed by atoms with Crippen molar-refractivity contribution < 1.29 is 9.53 Å². The summed E-state index contributed by atoms with van der Waals surface area (Å²) in [7, 11) is 0. The van der Waals surface area contributed by atoms with Crippen molar-refractivity contribution in [3.8, 4) is 5.75 Å². The molecule has 0 aliphatic heterocycles. The molecule has 1 aromatic carbocycles. The molecule has 126 valence electrons. The molecule has 1 atom stereocenters. The fourth-order valence-electron chi connectivity index (χ4n) is 1.94. The Hall–Kier alpha value is -1.63. The highest BCUT2D eigenvalue weighted by atomic mass is 35.5. The minimum Gasteiger partial charge on any atom is -0.489 e. The molecule has 1 amide bonds. The second-order valence-electron chi connectivity index (χ2n) is 5.12. The molecular formula is C16H22ClN3O2S. The predicted molar refractivity (Wildman–Crippen MR) is 95.7 cm³/mol. The van der Waals surface area contributed by atoms with Crippen molar-refractivity contribution in [3.63, 3.8) is 0 Å². The van der Waals surface area contributed by atoms with Crippen molar-refractivity contribution in [1.29, 1.82) is 0 Å². The zero-order valence-electron chi connectivity index (χ0n) is 13.2. The topological polar surface area (TPSA) is 77.2 Å². The number of nitrogens with two attached hydrogens (primary N) is 1. The summed E-state index contributed by atoms with van der Waals surface area (Å²) in [4.78, 5) is 16.3. The third-order valence-corrected chi connectivity index (χ3v) is 3.93. The molecule has 3 N–H and O–H groups in total. The lowest BCUT2D eigenvalue weighted by molar-refractivity contribution is 0.0927. The quantitative estimate of drug-likeness (QED) is 0.800. The predicted octanol–water partition coefficient (Wildman–Crippen LogP) is 2.57. The van der Waals surface area contributed by atoms with Gasteiger partial charge in [0, 0.05) is 11.8 Å². The highest BCUT2D eigenvalue weighted by Crippen LogP contribution is 2.14. The Morgan fingerprint density at radius 2 is 2.26 bits per heavy atom. The van der Waals surface area contributed by atoms with E-state index in [1.54, 1.807) is 5.38 Å². The minimum absolute atomic E-state index is 0. The van der Waals surface area contributed by atoms with Gasteiger partial charge in [0.2, 0.25) is 0 Å². The number of hydrogen-bond acceptors (Lipinski definition) is 5. The molecule has 1 heterocycles. The van der Waals surface area contributed by atoms with Gasteiger partial charge in [-0.2, -0.15) is 0 Å². The summed E-state index contributed by atoms with van der Waals surface area (Å²) in [5.74, 6) is 0.625. The Labute approximate surface area is 146 Å². The van der Waals surface area contributed by atoms with E-state index in [0.717, 1.165) is 16.3 Å². The summed E-state index contributed by atoms with van der Waals surface area (Å²) in [6, 6.07) is 7.84. The molecule has 0 aliphatic rings. The molecule has 2 aromatic rings. The number of benzene rings is 1. The molecule has 0 fully saturated rings. The number of amides is 1. The molecule has 1 aromatic heterocycles. The number of aromatic nitrogens is 1. The van der Waals surface area contributed by atoms with Crippen molar-refractivity contribution in [2.75, 3.05) is 13.1 Å². The first-order chi connectivity index (χ1) is 10.6. The number of thiazole rings is 1. The first kappa shape index (κ1) is 19.4. The maximum Gasteiger partial charge on any atom is 0.270 e. The van der Waals surface area contributed by atoms with Crippen LogP contribution >= 0.6 is 23.7 Å². The number of ether oxygens (including phenoxy) is 1. The second kappa shape index (κ2) is 9.50. The van der Waals surface area contributed by atoms with Crippen molar-refractivity contribution in [2.45, 2.75) is 26.4 Å². The van der Waals surface area contributed by atoms with Gasteiger partial charge < -0.3 is 15.8 Å². The molecule has 2 rings (SSSR count). The molecule has 7 heteroatoms. The lowest BCUT2D eigenvalue weighted by atomic mass is 10.2. The maximum atomic E-state index is 12.0. The van der Waals surface area contributed by atoms with E-state index in [1.165, 1.54) is 11.3 Å². The molecular weight excluding hydrogens is 334 g/mol. The SMILES string of the molecule is Cc1cccc(OC(C)CNC(=O)c2csc(CCN)n2)c1.Cl. The Bertz CT molecular complexity index is 633. The summed E-state index contributed by atoms with van der Waals surface area (Å²) in [6.07, 6.45) is 0.582. The Morgan fingerprint density at radius 3 is 2.96 bits per heavy atom. The van der Waals surface area contributed by atoms with Crippen molar-refractivity contribution in [1.82, 2.24) is 10.3 Å². The number of carbonyl (C=O) groups excluding carboxylic acids is 1. The lowest BCUT2D eigenvalue weighted by Gasteiger charge is -2.15. The highest BCUT2D eigenvalue weighted by molar-refractivity contribution is 7.09. The maximum absolute atomic E-state index is 12.0. The molecule has 0 saturated carbocycles. The molecule has 23 heavy (non-hydrogen) atoms. The Morgan fingerprint density at radius 1 is 1.48 bits per heavy atom. The van der Waals surface area contributed by atoms with Gasteiger partial charge in [-0.25, -0.2) is 4.98 Å². The number of halogens is 1. The van der Waals surface area contributed by atoms with Crippen LogP contribution in [-0.4, -0.2) is 30.1 Å². The van der Waals surface area contributed by atoms with E-state index in [1.807, 2.05) is 38.1 Å². The van der Waals surface area contributed by atoms with Gasteiger partial charge in [0.25, 0.3) is 5.91 Å². The van der Waals surface area contributed by atoms with Gasteiger partial charge in [-0.05, 0) is 38.1 Å². The molecule has 0 saturated heterocycles. The van der Waals surface area contributed by atoms with E-state index in [9.17, 15) is 4.79 Å². The first-order valence-corrected chi connectivity index (χ1v) is 8.12. The fraction of sp³-hybridized carbons (Fsp3) is 0.375. The number of aryl methyl sites for hydroxylation is 1. The zero-order valence-corrected chi connectivity index (χ0v) is 14.9. The van der Waals surface area contributed by atoms with Gasteiger partial charge in [0.15, 0.2) is 0 Å². The summed E-state index contributed by atoms with van der Waals surface area (Å²) in [5.41, 5.74) is 7.06. The zero-order chi connectivity index (χ0) is 15.9. The minimum atomic E-state index is -0.181. The van der Waals surface area contributed by atoms with Crippen molar-refractivity contribution in [3.05, 3.63) is 45.9 Å². The van der Waals surface area contributed by atoms with Crippen LogP contribution in [0.25, 0.3) is 0 Å².